The van der Waals surface area contributed by atoms with Gasteiger partial charge in [0, 0.05) is 96.9 Å². The smallest absolute Gasteiger partial charge is 0.246 e. The van der Waals surface area contributed by atoms with Gasteiger partial charge in [-0.3, -0.25) is 19.2 Å². The number of amides is 4. The van der Waals surface area contributed by atoms with Gasteiger partial charge in [0.2, 0.25) is 29.6 Å². The number of hydrogen-bond donors (Lipinski definition) is 5. The standard InChI is InChI=1S/C52H72IN9O9S/c1-35-45(72-34-57-35)37-15-13-36(14-16-37)30-55-48(65)43-29-40(63)32-62(43)50(67)46(52(2,3)4)59-44(64)33-70-27-9-25-68-23-6-7-24-69-26-10-28-71-41-19-17-39(18-20-41)58-51-56-31-42(53)47(60-51)54-21-22-61(5)49(66)38-11-8-12-38/h13-20,31,34,38,40,43,46,63H,6-12,21-30,32-33H2,1-5H3,(H,55,65)(H,59,64)(H2,54,56,58,60)/t40-,43+,46-/m0/s1. The fourth-order valence-corrected chi connectivity index (χ4v) is 9.37. The van der Waals surface area contributed by atoms with Crippen molar-refractivity contribution in [3.63, 3.8) is 0 Å². The molecule has 392 valence electrons. The third-order valence-electron chi connectivity index (χ3n) is 12.5. The van der Waals surface area contributed by atoms with Crippen LogP contribution in [0.3, 0.4) is 0 Å². The minimum absolute atomic E-state index is 0.00280. The lowest BCUT2D eigenvalue weighted by Crippen LogP contribution is -2.58. The molecular weight excluding hydrogens is 1050 g/mol. The first-order valence-corrected chi connectivity index (χ1v) is 26.9. The summed E-state index contributed by atoms with van der Waals surface area (Å²) in [7, 11) is 1.86. The van der Waals surface area contributed by atoms with Crippen LogP contribution in [0.15, 0.2) is 60.2 Å². The molecular formula is C52H72IN9O9S. The summed E-state index contributed by atoms with van der Waals surface area (Å²) in [4.78, 5) is 70.4. The molecule has 1 aliphatic heterocycles. The van der Waals surface area contributed by atoms with Crippen molar-refractivity contribution in [1.82, 2.24) is 35.4 Å². The molecule has 2 aliphatic rings. The molecule has 3 heterocycles. The summed E-state index contributed by atoms with van der Waals surface area (Å²) in [5, 5.41) is 22.9. The molecule has 0 radical (unpaired) electrons. The van der Waals surface area contributed by atoms with Crippen LogP contribution in [0.5, 0.6) is 5.75 Å². The number of carbonyl (C=O) groups is 4. The van der Waals surface area contributed by atoms with E-state index in [0.29, 0.717) is 65.1 Å². The minimum atomic E-state index is -0.940. The first-order chi connectivity index (χ1) is 34.7. The fraction of sp³-hybridized carbons (Fsp3) is 0.558. The van der Waals surface area contributed by atoms with Crippen molar-refractivity contribution < 1.29 is 43.2 Å². The molecule has 2 aromatic heterocycles. The third kappa shape index (κ3) is 17.6. The Morgan fingerprint density at radius 1 is 0.917 bits per heavy atom. The highest BCUT2D eigenvalue weighted by Crippen LogP contribution is 2.30. The predicted octanol–water partition coefficient (Wildman–Crippen LogP) is 6.73. The summed E-state index contributed by atoms with van der Waals surface area (Å²) in [6.45, 7) is 11.9. The normalized spacial score (nSPS) is 16.2. The number of aliphatic hydroxyl groups is 1. The summed E-state index contributed by atoms with van der Waals surface area (Å²) < 4.78 is 23.9. The van der Waals surface area contributed by atoms with E-state index in [1.807, 2.05) is 88.8 Å². The number of halogens is 1. The van der Waals surface area contributed by atoms with E-state index in [2.05, 4.69) is 58.8 Å². The van der Waals surface area contributed by atoms with E-state index in [0.717, 1.165) is 81.0 Å². The molecule has 4 aromatic rings. The van der Waals surface area contributed by atoms with Gasteiger partial charge in [-0.2, -0.15) is 4.98 Å². The van der Waals surface area contributed by atoms with Crippen molar-refractivity contribution in [3.8, 4) is 16.2 Å². The van der Waals surface area contributed by atoms with Crippen molar-refractivity contribution in [2.45, 2.75) is 104 Å². The molecule has 0 spiro atoms. The number of nitrogens with one attached hydrogen (secondary N) is 4. The monoisotopic (exact) mass is 1130 g/mol. The number of rotatable bonds is 29. The summed E-state index contributed by atoms with van der Waals surface area (Å²) in [6, 6.07) is 13.7. The molecule has 20 heteroatoms. The Hall–Kier alpha value is -5.00. The van der Waals surface area contributed by atoms with Crippen LogP contribution in [0, 0.1) is 21.8 Å². The second-order valence-electron chi connectivity index (χ2n) is 19.3. The lowest BCUT2D eigenvalue weighted by molar-refractivity contribution is -0.144. The van der Waals surface area contributed by atoms with Crippen molar-refractivity contribution >= 4 is 75.0 Å². The molecule has 1 aliphatic carbocycles. The SMILES string of the molecule is Cc1ncsc1-c1ccc(CNC(=O)[C@H]2C[C@H](O)CN2C(=O)[C@H](NC(=O)COCCCOCCCCOCCCOc2ccc(Nc3ncc(I)c(NCCN(C)C(=O)C4CCC4)n3)cc2)C(C)(C)C)cc1. The van der Waals surface area contributed by atoms with E-state index < -0.39 is 35.4 Å². The van der Waals surface area contributed by atoms with Gasteiger partial charge < -0.3 is 55.1 Å². The van der Waals surface area contributed by atoms with E-state index >= 15 is 0 Å². The van der Waals surface area contributed by atoms with E-state index in [-0.39, 0.29) is 43.8 Å². The fourth-order valence-electron chi connectivity index (χ4n) is 8.11. The predicted molar refractivity (Wildman–Crippen MR) is 286 cm³/mol. The minimum Gasteiger partial charge on any atom is -0.494 e. The van der Waals surface area contributed by atoms with Crippen LogP contribution >= 0.6 is 33.9 Å². The quantitative estimate of drug-likeness (QED) is 0.0282. The molecule has 6 rings (SSSR count). The number of β-amino-alcohol motifs (C(OH)–C–C–N with tert-alkyl or cyclic N) is 1. The maximum absolute atomic E-state index is 13.9. The number of likely N-dealkylation sites (tertiary alicyclic amines) is 1. The molecule has 72 heavy (non-hydrogen) atoms. The summed E-state index contributed by atoms with van der Waals surface area (Å²) in [6.07, 6.45) is 7.23. The molecule has 5 N–H and O–H groups in total. The number of nitrogens with zero attached hydrogens (tertiary/aromatic N) is 5. The van der Waals surface area contributed by atoms with Crippen LogP contribution in [0.1, 0.15) is 83.4 Å². The number of hydrogen-bond acceptors (Lipinski definition) is 15. The number of aliphatic hydroxyl groups excluding tert-OH is 1. The molecule has 1 saturated carbocycles. The number of unbranched alkanes of at least 4 members (excludes halogenated alkanes) is 1. The molecule has 1 saturated heterocycles. The van der Waals surface area contributed by atoms with Gasteiger partial charge in [0.05, 0.1) is 32.4 Å². The van der Waals surface area contributed by atoms with Gasteiger partial charge in [0.1, 0.15) is 30.3 Å². The number of carbonyl (C=O) groups excluding carboxylic acids is 4. The zero-order chi connectivity index (χ0) is 51.5. The van der Waals surface area contributed by atoms with Crippen LogP contribution in [-0.4, -0.2) is 145 Å². The molecule has 18 nitrogen and oxygen atoms in total. The highest BCUT2D eigenvalue weighted by Gasteiger charge is 2.44. The Bertz CT molecular complexity index is 2350. The Morgan fingerprint density at radius 2 is 1.60 bits per heavy atom. The zero-order valence-corrected chi connectivity index (χ0v) is 45.2. The number of benzene rings is 2. The summed E-state index contributed by atoms with van der Waals surface area (Å²) in [5.41, 5.74) is 4.89. The summed E-state index contributed by atoms with van der Waals surface area (Å²) >= 11 is 3.78. The average Bonchev–Trinajstić information content (AvgIpc) is 3.96. The maximum Gasteiger partial charge on any atom is 0.246 e. The largest absolute Gasteiger partial charge is 0.494 e. The van der Waals surface area contributed by atoms with Crippen LogP contribution in [0.25, 0.3) is 10.4 Å². The van der Waals surface area contributed by atoms with Crippen LogP contribution < -0.4 is 26.0 Å². The zero-order valence-electron chi connectivity index (χ0n) is 42.3. The van der Waals surface area contributed by atoms with Crippen LogP contribution in [0.4, 0.5) is 17.5 Å². The van der Waals surface area contributed by atoms with Gasteiger partial charge in [0.25, 0.3) is 0 Å². The Morgan fingerprint density at radius 3 is 2.25 bits per heavy atom. The van der Waals surface area contributed by atoms with E-state index in [1.54, 1.807) is 22.4 Å². The third-order valence-corrected chi connectivity index (χ3v) is 14.2. The number of ether oxygens (including phenoxy) is 4. The Kier molecular flexibility index (Phi) is 22.2. The van der Waals surface area contributed by atoms with Gasteiger partial charge in [-0.1, -0.05) is 51.5 Å². The Balaban J connectivity index is 0.767. The van der Waals surface area contributed by atoms with E-state index in [9.17, 15) is 24.3 Å². The van der Waals surface area contributed by atoms with Gasteiger partial charge in [-0.25, -0.2) is 9.97 Å². The maximum atomic E-state index is 13.9. The van der Waals surface area contributed by atoms with Gasteiger partial charge in [-0.15, -0.1) is 11.3 Å². The van der Waals surface area contributed by atoms with Crippen LogP contribution in [0.2, 0.25) is 0 Å². The molecule has 2 fully saturated rings. The van der Waals surface area contributed by atoms with E-state index in [4.69, 9.17) is 18.9 Å². The number of likely N-dealkylation sites (N-methyl/N-ethyl adjacent to an activating group) is 1. The first kappa shape index (κ1) is 56.3. The number of aromatic nitrogens is 3. The van der Waals surface area contributed by atoms with Crippen LogP contribution in [-0.2, 0) is 39.9 Å². The van der Waals surface area contributed by atoms with Gasteiger partial charge >= 0.3 is 0 Å². The van der Waals surface area contributed by atoms with Crippen molar-refractivity contribution in [3.05, 3.63) is 75.1 Å². The second kappa shape index (κ2) is 28.5. The Labute approximate surface area is 441 Å². The van der Waals surface area contributed by atoms with Crippen molar-refractivity contribution in [2.24, 2.45) is 11.3 Å². The molecule has 4 amide bonds. The van der Waals surface area contributed by atoms with Gasteiger partial charge in [0.15, 0.2) is 0 Å². The molecule has 3 atom stereocenters. The highest BCUT2D eigenvalue weighted by atomic mass is 127. The van der Waals surface area contributed by atoms with Gasteiger partial charge in [-0.05, 0) is 102 Å². The topological polar surface area (TPSA) is 219 Å². The first-order valence-electron chi connectivity index (χ1n) is 25.0. The highest BCUT2D eigenvalue weighted by molar-refractivity contribution is 14.1. The molecule has 2 aromatic carbocycles. The number of thiazole rings is 1. The average molecular weight is 1130 g/mol. The van der Waals surface area contributed by atoms with Crippen molar-refractivity contribution in [1.29, 1.82) is 0 Å². The molecule has 0 bridgehead atoms. The molecule has 0 unspecified atom stereocenters. The lowest BCUT2D eigenvalue weighted by atomic mass is 9.84. The van der Waals surface area contributed by atoms with Crippen molar-refractivity contribution in [2.75, 3.05) is 83.6 Å². The van der Waals surface area contributed by atoms with E-state index in [1.165, 1.54) is 4.90 Å². The number of aryl methyl sites for hydroxylation is 1. The lowest BCUT2D eigenvalue weighted by Gasteiger charge is -2.35. The number of anilines is 3. The second-order valence-corrected chi connectivity index (χ2v) is 21.4. The summed E-state index contributed by atoms with van der Waals surface area (Å²) in [5.74, 6) is 1.13.